The number of hydrogen-bond acceptors (Lipinski definition) is 5. The van der Waals surface area contributed by atoms with Crippen molar-refractivity contribution in [3.63, 3.8) is 0 Å². The molecular formula is C19H18ClN3O3S. The van der Waals surface area contributed by atoms with Gasteiger partial charge in [-0.05, 0) is 55.8 Å². The molecule has 0 bridgehead atoms. The summed E-state index contributed by atoms with van der Waals surface area (Å²) in [4.78, 5) is 28.0. The van der Waals surface area contributed by atoms with E-state index in [1.807, 2.05) is 13.0 Å². The van der Waals surface area contributed by atoms with Crippen molar-refractivity contribution in [3.8, 4) is 5.75 Å². The molecule has 0 radical (unpaired) electrons. The summed E-state index contributed by atoms with van der Waals surface area (Å²) < 4.78 is 6.59. The average Bonchev–Trinajstić information content (AvgIpc) is 2.98. The summed E-state index contributed by atoms with van der Waals surface area (Å²) in [6.45, 7) is 4.99. The van der Waals surface area contributed by atoms with Crippen LogP contribution in [0.25, 0.3) is 10.2 Å². The third-order valence-electron chi connectivity index (χ3n) is 3.75. The fourth-order valence-corrected chi connectivity index (χ4v) is 3.59. The lowest BCUT2D eigenvalue weighted by atomic mass is 10.2. The molecule has 0 saturated carbocycles. The fourth-order valence-electron chi connectivity index (χ4n) is 2.46. The van der Waals surface area contributed by atoms with Gasteiger partial charge in [0.1, 0.15) is 5.75 Å². The molecule has 6 nitrogen and oxygen atoms in total. The van der Waals surface area contributed by atoms with Crippen LogP contribution in [0.4, 0.5) is 10.8 Å². The highest BCUT2D eigenvalue weighted by Gasteiger charge is 2.18. The SMILES string of the molecule is CC(=O)Nc1ccc2nc(NC(=O)C(C)Oc3ccc(Cl)cc3C)sc2c1. The van der Waals surface area contributed by atoms with E-state index in [-0.39, 0.29) is 11.8 Å². The summed E-state index contributed by atoms with van der Waals surface area (Å²) >= 11 is 7.26. The molecule has 2 aromatic carbocycles. The maximum Gasteiger partial charge on any atom is 0.266 e. The van der Waals surface area contributed by atoms with Crippen LogP contribution < -0.4 is 15.4 Å². The number of benzene rings is 2. The number of ether oxygens (including phenoxy) is 1. The number of aromatic nitrogens is 1. The molecule has 27 heavy (non-hydrogen) atoms. The number of fused-ring (bicyclic) bond motifs is 1. The molecule has 1 atom stereocenters. The van der Waals surface area contributed by atoms with E-state index in [2.05, 4.69) is 15.6 Å². The van der Waals surface area contributed by atoms with Crippen molar-refractivity contribution in [1.29, 1.82) is 0 Å². The lowest BCUT2D eigenvalue weighted by Crippen LogP contribution is -2.30. The predicted octanol–water partition coefficient (Wildman–Crippen LogP) is 4.62. The lowest BCUT2D eigenvalue weighted by molar-refractivity contribution is -0.122. The Kier molecular flexibility index (Phi) is 5.62. The molecule has 1 heterocycles. The van der Waals surface area contributed by atoms with Crippen LogP contribution >= 0.6 is 22.9 Å². The van der Waals surface area contributed by atoms with Gasteiger partial charge in [-0.3, -0.25) is 14.9 Å². The number of aryl methyl sites for hydroxylation is 1. The van der Waals surface area contributed by atoms with E-state index in [4.69, 9.17) is 16.3 Å². The quantitative estimate of drug-likeness (QED) is 0.651. The van der Waals surface area contributed by atoms with Crippen molar-refractivity contribution >= 4 is 55.8 Å². The molecule has 3 aromatic rings. The zero-order valence-electron chi connectivity index (χ0n) is 15.0. The third-order valence-corrected chi connectivity index (χ3v) is 4.92. The number of carbonyl (C=O) groups is 2. The molecule has 8 heteroatoms. The van der Waals surface area contributed by atoms with Gasteiger partial charge in [-0.15, -0.1) is 0 Å². The molecule has 0 spiro atoms. The highest BCUT2D eigenvalue weighted by atomic mass is 35.5. The van der Waals surface area contributed by atoms with Crippen molar-refractivity contribution in [2.45, 2.75) is 26.9 Å². The summed E-state index contributed by atoms with van der Waals surface area (Å²) in [5.41, 5.74) is 2.28. The minimum absolute atomic E-state index is 0.143. The molecule has 0 saturated heterocycles. The number of hydrogen-bond donors (Lipinski definition) is 2. The first-order valence-electron chi connectivity index (χ1n) is 8.23. The zero-order valence-corrected chi connectivity index (χ0v) is 16.6. The van der Waals surface area contributed by atoms with Crippen LogP contribution in [0.5, 0.6) is 5.75 Å². The van der Waals surface area contributed by atoms with Crippen molar-refractivity contribution in [1.82, 2.24) is 4.98 Å². The van der Waals surface area contributed by atoms with Crippen LogP contribution in [-0.2, 0) is 9.59 Å². The Bertz CT molecular complexity index is 1020. The molecule has 140 valence electrons. The Labute approximate surface area is 165 Å². The first-order valence-corrected chi connectivity index (χ1v) is 9.43. The molecule has 3 rings (SSSR count). The zero-order chi connectivity index (χ0) is 19.6. The molecule has 0 fully saturated rings. The Morgan fingerprint density at radius 2 is 1.96 bits per heavy atom. The smallest absolute Gasteiger partial charge is 0.266 e. The highest BCUT2D eigenvalue weighted by Crippen LogP contribution is 2.29. The van der Waals surface area contributed by atoms with Gasteiger partial charge in [-0.1, -0.05) is 22.9 Å². The van der Waals surface area contributed by atoms with Gasteiger partial charge in [-0.25, -0.2) is 4.98 Å². The minimum atomic E-state index is -0.702. The molecule has 2 N–H and O–H groups in total. The molecule has 2 amide bonds. The second-order valence-corrected chi connectivity index (χ2v) is 7.51. The van der Waals surface area contributed by atoms with Crippen LogP contribution in [0.3, 0.4) is 0 Å². The Morgan fingerprint density at radius 1 is 1.19 bits per heavy atom. The number of amides is 2. The van der Waals surface area contributed by atoms with Crippen molar-refractivity contribution in [3.05, 3.63) is 47.0 Å². The van der Waals surface area contributed by atoms with Gasteiger partial charge in [0, 0.05) is 17.6 Å². The highest BCUT2D eigenvalue weighted by molar-refractivity contribution is 7.22. The van der Waals surface area contributed by atoms with Crippen LogP contribution in [-0.4, -0.2) is 22.9 Å². The molecular weight excluding hydrogens is 386 g/mol. The fraction of sp³-hybridized carbons (Fsp3) is 0.211. The number of halogens is 1. The second-order valence-electron chi connectivity index (χ2n) is 6.04. The van der Waals surface area contributed by atoms with E-state index in [1.165, 1.54) is 18.3 Å². The maximum atomic E-state index is 12.4. The van der Waals surface area contributed by atoms with Crippen LogP contribution in [0.2, 0.25) is 5.02 Å². The van der Waals surface area contributed by atoms with Crippen molar-refractivity contribution in [2.24, 2.45) is 0 Å². The first-order chi connectivity index (χ1) is 12.8. The number of thiazole rings is 1. The van der Waals surface area contributed by atoms with E-state index < -0.39 is 6.10 Å². The monoisotopic (exact) mass is 403 g/mol. The first kappa shape index (κ1) is 19.1. The maximum absolute atomic E-state index is 12.4. The van der Waals surface area contributed by atoms with Crippen LogP contribution in [0.15, 0.2) is 36.4 Å². The summed E-state index contributed by atoms with van der Waals surface area (Å²) in [5, 5.41) is 6.58. The van der Waals surface area contributed by atoms with Crippen LogP contribution in [0.1, 0.15) is 19.4 Å². The van der Waals surface area contributed by atoms with Crippen LogP contribution in [0, 0.1) is 6.92 Å². The van der Waals surface area contributed by atoms with Gasteiger partial charge < -0.3 is 10.1 Å². The van der Waals surface area contributed by atoms with E-state index in [1.54, 1.807) is 37.3 Å². The number of nitrogens with zero attached hydrogens (tertiary/aromatic N) is 1. The number of rotatable bonds is 5. The minimum Gasteiger partial charge on any atom is -0.481 e. The largest absolute Gasteiger partial charge is 0.481 e. The third kappa shape index (κ3) is 4.75. The van der Waals surface area contributed by atoms with Gasteiger partial charge in [0.25, 0.3) is 5.91 Å². The number of anilines is 2. The van der Waals surface area contributed by atoms with Gasteiger partial charge in [0.2, 0.25) is 5.91 Å². The van der Waals surface area contributed by atoms with Gasteiger partial charge in [0.05, 0.1) is 10.2 Å². The Balaban J connectivity index is 1.70. The molecule has 0 aliphatic rings. The Hall–Kier alpha value is -2.64. The number of carbonyl (C=O) groups excluding carboxylic acids is 2. The predicted molar refractivity (Wildman–Crippen MR) is 109 cm³/mol. The van der Waals surface area contributed by atoms with E-state index in [9.17, 15) is 9.59 Å². The van der Waals surface area contributed by atoms with E-state index in [0.29, 0.717) is 21.6 Å². The van der Waals surface area contributed by atoms with Gasteiger partial charge in [-0.2, -0.15) is 0 Å². The lowest BCUT2D eigenvalue weighted by Gasteiger charge is -2.15. The average molecular weight is 404 g/mol. The normalized spacial score (nSPS) is 11.9. The summed E-state index contributed by atoms with van der Waals surface area (Å²) in [6.07, 6.45) is -0.702. The summed E-state index contributed by atoms with van der Waals surface area (Å²) in [7, 11) is 0. The second kappa shape index (κ2) is 7.94. The van der Waals surface area contributed by atoms with Crippen molar-refractivity contribution in [2.75, 3.05) is 10.6 Å². The topological polar surface area (TPSA) is 80.3 Å². The van der Waals surface area contributed by atoms with Gasteiger partial charge >= 0.3 is 0 Å². The summed E-state index contributed by atoms with van der Waals surface area (Å²) in [6, 6.07) is 10.6. The van der Waals surface area contributed by atoms with Gasteiger partial charge in [0.15, 0.2) is 11.2 Å². The number of nitrogens with one attached hydrogen (secondary N) is 2. The summed E-state index contributed by atoms with van der Waals surface area (Å²) in [5.74, 6) is 0.160. The Morgan fingerprint density at radius 3 is 2.67 bits per heavy atom. The molecule has 0 aliphatic carbocycles. The molecule has 0 aliphatic heterocycles. The standard InChI is InChI=1S/C19H18ClN3O3S/c1-10-8-13(20)4-7-16(10)26-11(2)18(25)23-19-22-15-6-5-14(21-12(3)24)9-17(15)27-19/h4-9,11H,1-3H3,(H,21,24)(H,22,23,25). The van der Waals surface area contributed by atoms with E-state index >= 15 is 0 Å². The molecule has 1 aromatic heterocycles. The van der Waals surface area contributed by atoms with Crippen molar-refractivity contribution < 1.29 is 14.3 Å². The van der Waals surface area contributed by atoms with E-state index in [0.717, 1.165) is 15.8 Å². The molecule has 1 unspecified atom stereocenters.